The van der Waals surface area contributed by atoms with E-state index in [4.69, 9.17) is 0 Å². The molecule has 152 valence electrons. The fourth-order valence-corrected chi connectivity index (χ4v) is 6.59. The van der Waals surface area contributed by atoms with Gasteiger partial charge >= 0.3 is 0 Å². The molecule has 0 spiro atoms. The van der Waals surface area contributed by atoms with Crippen molar-refractivity contribution in [2.45, 2.75) is 86.0 Å². The number of benzene rings is 1. The number of aryl methyl sites for hydroxylation is 1. The fraction of sp³-hybridized carbons (Fsp3) is 0.643. The molecular formula is C28H40. The van der Waals surface area contributed by atoms with Gasteiger partial charge in [-0.15, -0.1) is 0 Å². The zero-order valence-corrected chi connectivity index (χ0v) is 19.0. The van der Waals surface area contributed by atoms with E-state index in [1.165, 1.54) is 38.5 Å². The molecule has 0 N–H and O–H groups in total. The Balaban J connectivity index is 1.63. The first kappa shape index (κ1) is 20.0. The van der Waals surface area contributed by atoms with Crippen molar-refractivity contribution in [3.63, 3.8) is 0 Å². The third kappa shape index (κ3) is 3.21. The average Bonchev–Trinajstić information content (AvgIpc) is 3.03. The third-order valence-electron chi connectivity index (χ3n) is 8.85. The standard InChI is InChI=1S/C28H40/c1-18(2)19(3)11-12-20(4)26-13-14-27-25-17-22-9-7-8-10-23(22)21(5)24(25)15-16-28(26,27)6/h8,10-12,17-20,26-27H,7,9,13-16H2,1-6H3/b12-11+/t19-,20+,26+,27-,28+/m0/s1. The molecule has 1 saturated carbocycles. The van der Waals surface area contributed by atoms with Crippen LogP contribution in [-0.2, 0) is 12.8 Å². The summed E-state index contributed by atoms with van der Waals surface area (Å²) in [5.74, 6) is 3.72. The second-order valence-electron chi connectivity index (χ2n) is 10.7. The summed E-state index contributed by atoms with van der Waals surface area (Å²) in [5.41, 5.74) is 8.66. The first-order chi connectivity index (χ1) is 13.3. The Morgan fingerprint density at radius 3 is 2.61 bits per heavy atom. The van der Waals surface area contributed by atoms with Crippen LogP contribution in [0.15, 0.2) is 24.3 Å². The van der Waals surface area contributed by atoms with Crippen LogP contribution < -0.4 is 0 Å². The van der Waals surface area contributed by atoms with E-state index in [0.29, 0.717) is 17.3 Å². The first-order valence-electron chi connectivity index (χ1n) is 11.8. The van der Waals surface area contributed by atoms with Crippen LogP contribution in [0.4, 0.5) is 0 Å². The van der Waals surface area contributed by atoms with Gasteiger partial charge in [0.2, 0.25) is 0 Å². The maximum absolute atomic E-state index is 2.63. The molecule has 0 bridgehead atoms. The molecule has 5 atom stereocenters. The van der Waals surface area contributed by atoms with E-state index < -0.39 is 0 Å². The van der Waals surface area contributed by atoms with E-state index in [9.17, 15) is 0 Å². The van der Waals surface area contributed by atoms with Gasteiger partial charge in [-0.3, -0.25) is 0 Å². The van der Waals surface area contributed by atoms with Gasteiger partial charge < -0.3 is 0 Å². The van der Waals surface area contributed by atoms with E-state index in [2.05, 4.69) is 71.9 Å². The van der Waals surface area contributed by atoms with Gasteiger partial charge in [0, 0.05) is 0 Å². The smallest absolute Gasteiger partial charge is 0.0102 e. The lowest BCUT2D eigenvalue weighted by molar-refractivity contribution is 0.142. The largest absolute Gasteiger partial charge is 0.0852 e. The van der Waals surface area contributed by atoms with E-state index in [0.717, 1.165) is 17.8 Å². The van der Waals surface area contributed by atoms with Crippen LogP contribution >= 0.6 is 0 Å². The minimum atomic E-state index is 0.475. The van der Waals surface area contributed by atoms with Gasteiger partial charge in [0.05, 0.1) is 0 Å². The molecule has 3 aliphatic carbocycles. The zero-order valence-electron chi connectivity index (χ0n) is 19.0. The van der Waals surface area contributed by atoms with E-state index >= 15 is 0 Å². The maximum atomic E-state index is 2.63. The van der Waals surface area contributed by atoms with Crippen LogP contribution in [0.5, 0.6) is 0 Å². The Kier molecular flexibility index (Phi) is 5.36. The van der Waals surface area contributed by atoms with Crippen molar-refractivity contribution < 1.29 is 0 Å². The minimum Gasteiger partial charge on any atom is -0.0852 e. The number of hydrogen-bond donors (Lipinski definition) is 0. The molecular weight excluding hydrogens is 336 g/mol. The van der Waals surface area contributed by atoms with Crippen LogP contribution in [0.1, 0.15) is 94.0 Å². The predicted molar refractivity (Wildman–Crippen MR) is 123 cm³/mol. The molecule has 28 heavy (non-hydrogen) atoms. The maximum Gasteiger partial charge on any atom is -0.0102 e. The van der Waals surface area contributed by atoms with Gasteiger partial charge in [0.25, 0.3) is 0 Å². The molecule has 0 aromatic heterocycles. The topological polar surface area (TPSA) is 0 Å². The Morgan fingerprint density at radius 2 is 1.86 bits per heavy atom. The van der Waals surface area contributed by atoms with Crippen LogP contribution in [0.3, 0.4) is 0 Å². The van der Waals surface area contributed by atoms with E-state index in [1.807, 2.05) is 0 Å². The van der Waals surface area contributed by atoms with Gasteiger partial charge in [-0.2, -0.15) is 0 Å². The molecule has 0 saturated heterocycles. The quantitative estimate of drug-likeness (QED) is 0.469. The average molecular weight is 377 g/mol. The lowest BCUT2D eigenvalue weighted by atomic mass is 9.60. The van der Waals surface area contributed by atoms with Gasteiger partial charge in [0.15, 0.2) is 0 Å². The highest BCUT2D eigenvalue weighted by Gasteiger charge is 2.50. The van der Waals surface area contributed by atoms with Crippen molar-refractivity contribution in [3.05, 3.63) is 52.1 Å². The lowest BCUT2D eigenvalue weighted by Gasteiger charge is -2.44. The predicted octanol–water partition coefficient (Wildman–Crippen LogP) is 7.88. The van der Waals surface area contributed by atoms with Crippen LogP contribution in [0, 0.1) is 36.0 Å². The highest BCUT2D eigenvalue weighted by atomic mass is 14.5. The summed E-state index contributed by atoms with van der Waals surface area (Å²) in [6, 6.07) is 2.63. The van der Waals surface area contributed by atoms with Crippen LogP contribution in [0.2, 0.25) is 0 Å². The third-order valence-corrected chi connectivity index (χ3v) is 8.85. The summed E-state index contributed by atoms with van der Waals surface area (Å²) in [5, 5.41) is 0. The van der Waals surface area contributed by atoms with Crippen molar-refractivity contribution in [1.82, 2.24) is 0 Å². The van der Waals surface area contributed by atoms with Gasteiger partial charge in [0.1, 0.15) is 0 Å². The highest BCUT2D eigenvalue weighted by molar-refractivity contribution is 5.64. The monoisotopic (exact) mass is 376 g/mol. The van der Waals surface area contributed by atoms with Gasteiger partial charge in [-0.25, -0.2) is 0 Å². The molecule has 1 aromatic rings. The second kappa shape index (κ2) is 7.51. The Labute approximate surface area is 173 Å². The van der Waals surface area contributed by atoms with Crippen molar-refractivity contribution in [1.29, 1.82) is 0 Å². The van der Waals surface area contributed by atoms with Crippen molar-refractivity contribution >= 4 is 6.08 Å². The molecule has 0 unspecified atom stereocenters. The highest BCUT2D eigenvalue weighted by Crippen LogP contribution is 2.61. The van der Waals surface area contributed by atoms with Crippen molar-refractivity contribution in [3.8, 4) is 0 Å². The Morgan fingerprint density at radius 1 is 1.07 bits per heavy atom. The van der Waals surface area contributed by atoms with Crippen molar-refractivity contribution in [2.24, 2.45) is 29.1 Å². The number of fused-ring (bicyclic) bond motifs is 4. The SMILES string of the molecule is Cc1c2c(cc3c1CC[C@]1(C)[C@@H]([C@H](C)/C=C/[C@H](C)C(C)C)CC[C@@H]31)CCC=C2. The molecule has 1 fully saturated rings. The summed E-state index contributed by atoms with van der Waals surface area (Å²) in [7, 11) is 0. The molecule has 4 rings (SSSR count). The molecule has 0 aliphatic heterocycles. The molecule has 0 nitrogen and oxygen atoms in total. The summed E-state index contributed by atoms with van der Waals surface area (Å²) < 4.78 is 0. The molecule has 0 heteroatoms. The zero-order chi connectivity index (χ0) is 20.1. The van der Waals surface area contributed by atoms with Crippen LogP contribution in [-0.4, -0.2) is 0 Å². The summed E-state index contributed by atoms with van der Waals surface area (Å²) in [6.07, 6.45) is 17.7. The van der Waals surface area contributed by atoms with Gasteiger partial charge in [-0.05, 0) is 108 Å². The summed E-state index contributed by atoms with van der Waals surface area (Å²) >= 11 is 0. The number of allylic oxidation sites excluding steroid dienone is 3. The van der Waals surface area contributed by atoms with Crippen molar-refractivity contribution in [2.75, 3.05) is 0 Å². The van der Waals surface area contributed by atoms with E-state index in [1.54, 1.807) is 27.8 Å². The lowest BCUT2D eigenvalue weighted by Crippen LogP contribution is -2.35. The summed E-state index contributed by atoms with van der Waals surface area (Å²) in [4.78, 5) is 0. The Bertz CT molecular complexity index is 793. The molecule has 1 aromatic carbocycles. The Hall–Kier alpha value is -1.30. The second-order valence-corrected chi connectivity index (χ2v) is 10.7. The molecule has 0 amide bonds. The van der Waals surface area contributed by atoms with E-state index in [-0.39, 0.29) is 0 Å². The minimum absolute atomic E-state index is 0.475. The fourth-order valence-electron chi connectivity index (χ4n) is 6.59. The van der Waals surface area contributed by atoms with Crippen LogP contribution in [0.25, 0.3) is 6.08 Å². The normalized spacial score (nSPS) is 31.0. The first-order valence-corrected chi connectivity index (χ1v) is 11.8. The number of hydrogen-bond acceptors (Lipinski definition) is 0. The number of rotatable bonds is 4. The molecule has 3 aliphatic rings. The molecule has 0 heterocycles. The molecule has 0 radical (unpaired) electrons. The summed E-state index contributed by atoms with van der Waals surface area (Å²) in [6.45, 7) is 14.5. The van der Waals surface area contributed by atoms with Gasteiger partial charge in [-0.1, -0.05) is 65.0 Å².